The molecule has 0 amide bonds. The predicted molar refractivity (Wildman–Crippen MR) is 53.5 cm³/mol. The van der Waals surface area contributed by atoms with E-state index >= 15 is 0 Å². The molecule has 1 N–H and O–H groups in total. The van der Waals surface area contributed by atoms with E-state index in [0.717, 1.165) is 31.2 Å². The average Bonchev–Trinajstić information content (AvgIpc) is 2.16. The molecule has 0 aliphatic heterocycles. The van der Waals surface area contributed by atoms with Crippen LogP contribution in [0, 0.1) is 0 Å². The Bertz CT molecular complexity index is 223. The van der Waals surface area contributed by atoms with Gasteiger partial charge in [-0.15, -0.1) is 0 Å². The molecule has 72 valence electrons. The van der Waals surface area contributed by atoms with Gasteiger partial charge in [-0.1, -0.05) is 25.8 Å². The third-order valence-corrected chi connectivity index (χ3v) is 2.09. The van der Waals surface area contributed by atoms with E-state index in [0.29, 0.717) is 0 Å². The standard InChI is InChI=1S/C11H17NO/c1-2-3-6-11(13)8-10-5-4-7-12-9-10/h4-5,7,9,11,13H,2-3,6,8H2,1H3. The fourth-order valence-electron chi connectivity index (χ4n) is 1.33. The lowest BCUT2D eigenvalue weighted by atomic mass is 10.1. The number of hydrogen-bond donors (Lipinski definition) is 1. The third-order valence-electron chi connectivity index (χ3n) is 2.09. The maximum Gasteiger partial charge on any atom is 0.0581 e. The Balaban J connectivity index is 2.32. The van der Waals surface area contributed by atoms with Crippen LogP contribution in [0.25, 0.3) is 0 Å². The quantitative estimate of drug-likeness (QED) is 0.751. The molecule has 2 heteroatoms. The second-order valence-electron chi connectivity index (χ2n) is 3.36. The summed E-state index contributed by atoms with van der Waals surface area (Å²) in [5, 5.41) is 9.61. The van der Waals surface area contributed by atoms with Crippen LogP contribution in [0.1, 0.15) is 31.7 Å². The number of aliphatic hydroxyl groups is 1. The molecule has 13 heavy (non-hydrogen) atoms. The van der Waals surface area contributed by atoms with Crippen molar-refractivity contribution in [1.29, 1.82) is 0 Å². The van der Waals surface area contributed by atoms with Crippen molar-refractivity contribution < 1.29 is 5.11 Å². The second-order valence-corrected chi connectivity index (χ2v) is 3.36. The molecule has 0 bridgehead atoms. The van der Waals surface area contributed by atoms with Gasteiger partial charge in [-0.05, 0) is 24.5 Å². The molecule has 0 saturated heterocycles. The summed E-state index contributed by atoms with van der Waals surface area (Å²) in [5.74, 6) is 0. The SMILES string of the molecule is CCCCC(O)Cc1cccnc1. The highest BCUT2D eigenvalue weighted by Gasteiger charge is 2.03. The molecule has 1 rings (SSSR count). The first-order valence-corrected chi connectivity index (χ1v) is 4.90. The highest BCUT2D eigenvalue weighted by atomic mass is 16.3. The van der Waals surface area contributed by atoms with Gasteiger partial charge in [-0.2, -0.15) is 0 Å². The fourth-order valence-corrected chi connectivity index (χ4v) is 1.33. The van der Waals surface area contributed by atoms with Crippen LogP contribution >= 0.6 is 0 Å². The highest BCUT2D eigenvalue weighted by molar-refractivity contribution is 5.09. The summed E-state index contributed by atoms with van der Waals surface area (Å²) in [7, 11) is 0. The van der Waals surface area contributed by atoms with Crippen LogP contribution in [0.15, 0.2) is 24.5 Å². The molecule has 0 fully saturated rings. The zero-order valence-electron chi connectivity index (χ0n) is 8.11. The van der Waals surface area contributed by atoms with Crippen molar-refractivity contribution in [3.63, 3.8) is 0 Å². The molecule has 1 unspecified atom stereocenters. The van der Waals surface area contributed by atoms with Gasteiger partial charge in [0.25, 0.3) is 0 Å². The molecule has 2 nitrogen and oxygen atoms in total. The van der Waals surface area contributed by atoms with Gasteiger partial charge in [0.2, 0.25) is 0 Å². The molecule has 1 atom stereocenters. The molecule has 0 aliphatic rings. The van der Waals surface area contributed by atoms with Crippen LogP contribution in [0.2, 0.25) is 0 Å². The van der Waals surface area contributed by atoms with Gasteiger partial charge in [0.1, 0.15) is 0 Å². The summed E-state index contributed by atoms with van der Waals surface area (Å²) >= 11 is 0. The van der Waals surface area contributed by atoms with Crippen molar-refractivity contribution in [3.05, 3.63) is 30.1 Å². The van der Waals surface area contributed by atoms with Crippen molar-refractivity contribution in [3.8, 4) is 0 Å². The van der Waals surface area contributed by atoms with Gasteiger partial charge in [0, 0.05) is 12.4 Å². The molecule has 1 heterocycles. The van der Waals surface area contributed by atoms with Crippen molar-refractivity contribution >= 4 is 0 Å². The fraction of sp³-hybridized carbons (Fsp3) is 0.545. The first-order valence-electron chi connectivity index (χ1n) is 4.90. The molecule has 0 spiro atoms. The van der Waals surface area contributed by atoms with Crippen molar-refractivity contribution in [2.75, 3.05) is 0 Å². The summed E-state index contributed by atoms with van der Waals surface area (Å²) in [6, 6.07) is 3.91. The normalized spacial score (nSPS) is 12.8. The molecular weight excluding hydrogens is 162 g/mol. The van der Waals surface area contributed by atoms with E-state index in [9.17, 15) is 5.11 Å². The lowest BCUT2D eigenvalue weighted by Crippen LogP contribution is -2.10. The molecule has 0 aromatic carbocycles. The Morgan fingerprint density at radius 1 is 1.54 bits per heavy atom. The van der Waals surface area contributed by atoms with E-state index in [1.54, 1.807) is 6.20 Å². The summed E-state index contributed by atoms with van der Waals surface area (Å²) in [6.07, 6.45) is 7.23. The second kappa shape index (κ2) is 5.70. The van der Waals surface area contributed by atoms with E-state index < -0.39 is 0 Å². The minimum atomic E-state index is -0.204. The van der Waals surface area contributed by atoms with Crippen LogP contribution in [-0.4, -0.2) is 16.2 Å². The molecule has 1 aromatic heterocycles. The van der Waals surface area contributed by atoms with E-state index in [1.165, 1.54) is 0 Å². The van der Waals surface area contributed by atoms with Gasteiger partial charge in [-0.25, -0.2) is 0 Å². The number of unbranched alkanes of at least 4 members (excludes halogenated alkanes) is 1. The maximum absolute atomic E-state index is 9.61. The molecule has 0 saturated carbocycles. The van der Waals surface area contributed by atoms with Crippen LogP contribution in [0.3, 0.4) is 0 Å². The highest BCUT2D eigenvalue weighted by Crippen LogP contribution is 2.07. The third kappa shape index (κ3) is 4.04. The van der Waals surface area contributed by atoms with Gasteiger partial charge >= 0.3 is 0 Å². The summed E-state index contributed by atoms with van der Waals surface area (Å²) < 4.78 is 0. The Hall–Kier alpha value is -0.890. The minimum Gasteiger partial charge on any atom is -0.393 e. The van der Waals surface area contributed by atoms with Gasteiger partial charge in [0.15, 0.2) is 0 Å². The maximum atomic E-state index is 9.61. The number of aromatic nitrogens is 1. The number of aliphatic hydroxyl groups excluding tert-OH is 1. The van der Waals surface area contributed by atoms with E-state index in [4.69, 9.17) is 0 Å². The number of hydrogen-bond acceptors (Lipinski definition) is 2. The lowest BCUT2D eigenvalue weighted by Gasteiger charge is -2.08. The number of pyridine rings is 1. The van der Waals surface area contributed by atoms with E-state index in [1.807, 2.05) is 18.3 Å². The summed E-state index contributed by atoms with van der Waals surface area (Å²) in [4.78, 5) is 4.01. The summed E-state index contributed by atoms with van der Waals surface area (Å²) in [5.41, 5.74) is 1.12. The van der Waals surface area contributed by atoms with Crippen molar-refractivity contribution in [2.45, 2.75) is 38.7 Å². The zero-order chi connectivity index (χ0) is 9.52. The zero-order valence-corrected chi connectivity index (χ0v) is 8.11. The van der Waals surface area contributed by atoms with Crippen molar-refractivity contribution in [2.24, 2.45) is 0 Å². The Morgan fingerprint density at radius 3 is 3.00 bits per heavy atom. The van der Waals surface area contributed by atoms with Crippen molar-refractivity contribution in [1.82, 2.24) is 4.98 Å². The molecule has 1 aromatic rings. The average molecular weight is 179 g/mol. The van der Waals surface area contributed by atoms with Gasteiger partial charge < -0.3 is 5.11 Å². The van der Waals surface area contributed by atoms with Crippen LogP contribution in [-0.2, 0) is 6.42 Å². The predicted octanol–water partition coefficient (Wildman–Crippen LogP) is 2.18. The smallest absolute Gasteiger partial charge is 0.0581 e. The van der Waals surface area contributed by atoms with Crippen LogP contribution in [0.4, 0.5) is 0 Å². The molecule has 0 aliphatic carbocycles. The van der Waals surface area contributed by atoms with Gasteiger partial charge in [0.05, 0.1) is 6.10 Å². The number of rotatable bonds is 5. The van der Waals surface area contributed by atoms with E-state index in [-0.39, 0.29) is 6.10 Å². The molecule has 0 radical (unpaired) electrons. The largest absolute Gasteiger partial charge is 0.393 e. The van der Waals surface area contributed by atoms with Gasteiger partial charge in [-0.3, -0.25) is 4.98 Å². The lowest BCUT2D eigenvalue weighted by molar-refractivity contribution is 0.161. The monoisotopic (exact) mass is 179 g/mol. The minimum absolute atomic E-state index is 0.204. The Kier molecular flexibility index (Phi) is 4.47. The summed E-state index contributed by atoms with van der Waals surface area (Å²) in [6.45, 7) is 2.14. The number of nitrogens with zero attached hydrogens (tertiary/aromatic N) is 1. The van der Waals surface area contributed by atoms with Crippen LogP contribution < -0.4 is 0 Å². The Labute approximate surface area is 79.6 Å². The van der Waals surface area contributed by atoms with Crippen LogP contribution in [0.5, 0.6) is 0 Å². The first kappa shape index (κ1) is 10.2. The van der Waals surface area contributed by atoms with E-state index in [2.05, 4.69) is 11.9 Å². The Morgan fingerprint density at radius 2 is 2.38 bits per heavy atom. The molecular formula is C11H17NO. The topological polar surface area (TPSA) is 33.1 Å². The first-order chi connectivity index (χ1) is 6.33.